The van der Waals surface area contributed by atoms with E-state index in [1.54, 1.807) is 0 Å². The first-order chi connectivity index (χ1) is 14.0. The summed E-state index contributed by atoms with van der Waals surface area (Å²) >= 11 is 0. The van der Waals surface area contributed by atoms with Crippen LogP contribution in [-0.4, -0.2) is 29.5 Å². The SMILES string of the molecule is CCCCNc1cccc(C(=O)c2cc(CCCC(=O)OCC)n(C)c2CC)c1. The van der Waals surface area contributed by atoms with Gasteiger partial charge in [0.15, 0.2) is 5.78 Å². The van der Waals surface area contributed by atoms with Crippen LogP contribution in [0.1, 0.15) is 73.8 Å². The molecule has 5 nitrogen and oxygen atoms in total. The van der Waals surface area contributed by atoms with Gasteiger partial charge in [0.1, 0.15) is 0 Å². The summed E-state index contributed by atoms with van der Waals surface area (Å²) in [6.45, 7) is 7.36. The van der Waals surface area contributed by atoms with Crippen molar-refractivity contribution in [1.82, 2.24) is 4.57 Å². The molecule has 0 fully saturated rings. The van der Waals surface area contributed by atoms with Crippen LogP contribution in [0.15, 0.2) is 30.3 Å². The van der Waals surface area contributed by atoms with Crippen molar-refractivity contribution in [3.63, 3.8) is 0 Å². The number of hydrogen-bond donors (Lipinski definition) is 1. The summed E-state index contributed by atoms with van der Waals surface area (Å²) in [6, 6.07) is 9.73. The summed E-state index contributed by atoms with van der Waals surface area (Å²) in [4.78, 5) is 24.8. The van der Waals surface area contributed by atoms with Crippen LogP contribution < -0.4 is 5.32 Å². The van der Waals surface area contributed by atoms with Gasteiger partial charge in [0, 0.05) is 48.2 Å². The normalized spacial score (nSPS) is 10.8. The average molecular weight is 399 g/mol. The fraction of sp³-hybridized carbons (Fsp3) is 0.500. The molecular formula is C24H34N2O3. The molecular weight excluding hydrogens is 364 g/mol. The molecule has 2 rings (SSSR count). The third-order valence-electron chi connectivity index (χ3n) is 5.14. The second-order valence-electron chi connectivity index (χ2n) is 7.26. The van der Waals surface area contributed by atoms with Crippen molar-refractivity contribution in [2.75, 3.05) is 18.5 Å². The maximum atomic E-state index is 13.2. The molecule has 1 N–H and O–H groups in total. The van der Waals surface area contributed by atoms with E-state index < -0.39 is 0 Å². The van der Waals surface area contributed by atoms with E-state index >= 15 is 0 Å². The standard InChI is InChI=1S/C24H34N2O3/c1-5-8-15-25-19-12-9-11-18(16-19)24(28)21-17-20(26(4)22(21)6-2)13-10-14-23(27)29-7-3/h9,11-12,16-17,25H,5-8,10,13-15H2,1-4H3. The number of ketones is 1. The van der Waals surface area contributed by atoms with E-state index in [1.807, 2.05) is 44.3 Å². The molecule has 0 spiro atoms. The lowest BCUT2D eigenvalue weighted by molar-refractivity contribution is -0.143. The Labute approximate surface area is 174 Å². The van der Waals surface area contributed by atoms with Crippen LogP contribution in [0.4, 0.5) is 5.69 Å². The molecule has 0 unspecified atom stereocenters. The molecule has 0 amide bonds. The Balaban J connectivity index is 2.15. The minimum atomic E-state index is -0.166. The molecule has 2 aromatic rings. The third kappa shape index (κ3) is 6.21. The van der Waals surface area contributed by atoms with Gasteiger partial charge < -0.3 is 14.6 Å². The predicted molar refractivity (Wildman–Crippen MR) is 118 cm³/mol. The van der Waals surface area contributed by atoms with Gasteiger partial charge in [-0.15, -0.1) is 0 Å². The number of anilines is 1. The number of rotatable bonds is 12. The first-order valence-electron chi connectivity index (χ1n) is 10.7. The average Bonchev–Trinajstić information content (AvgIpc) is 3.03. The van der Waals surface area contributed by atoms with Crippen molar-refractivity contribution in [2.24, 2.45) is 7.05 Å². The van der Waals surface area contributed by atoms with E-state index in [0.717, 1.165) is 54.9 Å². The van der Waals surface area contributed by atoms with E-state index in [1.165, 1.54) is 0 Å². The van der Waals surface area contributed by atoms with Crippen LogP contribution in [0.2, 0.25) is 0 Å². The Morgan fingerprint density at radius 2 is 1.90 bits per heavy atom. The molecule has 0 aliphatic carbocycles. The lowest BCUT2D eigenvalue weighted by Gasteiger charge is -2.09. The number of hydrogen-bond acceptors (Lipinski definition) is 4. The summed E-state index contributed by atoms with van der Waals surface area (Å²) in [7, 11) is 2.00. The molecule has 0 aliphatic rings. The van der Waals surface area contributed by atoms with E-state index in [9.17, 15) is 9.59 Å². The minimum Gasteiger partial charge on any atom is -0.466 e. The molecule has 5 heteroatoms. The smallest absolute Gasteiger partial charge is 0.305 e. The van der Waals surface area contributed by atoms with Crippen molar-refractivity contribution in [3.05, 3.63) is 52.8 Å². The van der Waals surface area contributed by atoms with Gasteiger partial charge in [0.25, 0.3) is 0 Å². The Kier molecular flexibility index (Phi) is 8.97. The van der Waals surface area contributed by atoms with E-state index in [-0.39, 0.29) is 11.8 Å². The van der Waals surface area contributed by atoms with Gasteiger partial charge in [0.2, 0.25) is 0 Å². The van der Waals surface area contributed by atoms with E-state index in [0.29, 0.717) is 25.0 Å². The number of benzene rings is 1. The van der Waals surface area contributed by atoms with Gasteiger partial charge in [-0.3, -0.25) is 9.59 Å². The molecule has 0 aliphatic heterocycles. The van der Waals surface area contributed by atoms with E-state index in [4.69, 9.17) is 4.74 Å². The Morgan fingerprint density at radius 3 is 2.59 bits per heavy atom. The van der Waals surface area contributed by atoms with Crippen LogP contribution in [0, 0.1) is 0 Å². The number of carbonyl (C=O) groups is 2. The largest absolute Gasteiger partial charge is 0.466 e. The quantitative estimate of drug-likeness (QED) is 0.313. The van der Waals surface area contributed by atoms with Crippen molar-refractivity contribution < 1.29 is 14.3 Å². The van der Waals surface area contributed by atoms with Gasteiger partial charge in [-0.25, -0.2) is 0 Å². The van der Waals surface area contributed by atoms with Crippen LogP contribution in [0.5, 0.6) is 0 Å². The summed E-state index contributed by atoms with van der Waals surface area (Å²) < 4.78 is 7.10. The summed E-state index contributed by atoms with van der Waals surface area (Å²) in [5.41, 5.74) is 4.54. The molecule has 1 aromatic heterocycles. The molecule has 0 saturated carbocycles. The molecule has 158 valence electrons. The number of ether oxygens (including phenoxy) is 1. The maximum absolute atomic E-state index is 13.2. The molecule has 1 heterocycles. The number of aromatic nitrogens is 1. The minimum absolute atomic E-state index is 0.0493. The van der Waals surface area contributed by atoms with Crippen molar-refractivity contribution in [2.45, 2.75) is 59.3 Å². The zero-order chi connectivity index (χ0) is 21.2. The molecule has 29 heavy (non-hydrogen) atoms. The molecule has 0 bridgehead atoms. The fourth-order valence-electron chi connectivity index (χ4n) is 3.55. The highest BCUT2D eigenvalue weighted by Crippen LogP contribution is 2.22. The highest BCUT2D eigenvalue weighted by molar-refractivity contribution is 6.10. The van der Waals surface area contributed by atoms with E-state index in [2.05, 4.69) is 23.7 Å². The van der Waals surface area contributed by atoms with Crippen molar-refractivity contribution in [3.8, 4) is 0 Å². The molecule has 0 radical (unpaired) electrons. The van der Waals surface area contributed by atoms with Crippen LogP contribution in [-0.2, 0) is 29.4 Å². The molecule has 1 aromatic carbocycles. The summed E-state index contributed by atoms with van der Waals surface area (Å²) in [5.74, 6) is -0.116. The second-order valence-corrected chi connectivity index (χ2v) is 7.26. The maximum Gasteiger partial charge on any atom is 0.305 e. The predicted octanol–water partition coefficient (Wildman–Crippen LogP) is 4.92. The van der Waals surface area contributed by atoms with Gasteiger partial charge >= 0.3 is 5.97 Å². The number of nitrogens with one attached hydrogen (secondary N) is 1. The van der Waals surface area contributed by atoms with Crippen molar-refractivity contribution in [1.29, 1.82) is 0 Å². The Morgan fingerprint density at radius 1 is 1.10 bits per heavy atom. The second kappa shape index (κ2) is 11.4. The number of nitrogens with zero attached hydrogens (tertiary/aromatic N) is 1. The Bertz CT molecular complexity index is 824. The molecule has 0 saturated heterocycles. The van der Waals surface area contributed by atoms with Crippen LogP contribution in [0.3, 0.4) is 0 Å². The molecule has 0 atom stereocenters. The summed E-state index contributed by atoms with van der Waals surface area (Å²) in [5, 5.41) is 3.39. The fourth-order valence-corrected chi connectivity index (χ4v) is 3.55. The lowest BCUT2D eigenvalue weighted by Crippen LogP contribution is -2.08. The first-order valence-corrected chi connectivity index (χ1v) is 10.7. The van der Waals surface area contributed by atoms with Gasteiger partial charge in [-0.1, -0.05) is 32.4 Å². The van der Waals surface area contributed by atoms with Crippen LogP contribution >= 0.6 is 0 Å². The summed E-state index contributed by atoms with van der Waals surface area (Å²) in [6.07, 6.45) is 4.87. The first kappa shape index (κ1) is 22.7. The highest BCUT2D eigenvalue weighted by atomic mass is 16.5. The third-order valence-corrected chi connectivity index (χ3v) is 5.14. The highest BCUT2D eigenvalue weighted by Gasteiger charge is 2.19. The number of carbonyl (C=O) groups excluding carboxylic acids is 2. The number of esters is 1. The zero-order valence-corrected chi connectivity index (χ0v) is 18.2. The van der Waals surface area contributed by atoms with Gasteiger partial charge in [-0.05, 0) is 50.8 Å². The van der Waals surface area contributed by atoms with Gasteiger partial charge in [-0.2, -0.15) is 0 Å². The topological polar surface area (TPSA) is 60.3 Å². The lowest BCUT2D eigenvalue weighted by atomic mass is 10.0. The monoisotopic (exact) mass is 398 g/mol. The zero-order valence-electron chi connectivity index (χ0n) is 18.2. The van der Waals surface area contributed by atoms with Crippen molar-refractivity contribution >= 4 is 17.4 Å². The number of aryl methyl sites for hydroxylation is 1. The van der Waals surface area contributed by atoms with Crippen LogP contribution in [0.25, 0.3) is 0 Å². The number of unbranched alkanes of at least 4 members (excludes halogenated alkanes) is 1. The Hall–Kier alpha value is -2.56. The van der Waals surface area contributed by atoms with Gasteiger partial charge in [0.05, 0.1) is 6.61 Å².